The van der Waals surface area contributed by atoms with E-state index in [9.17, 15) is 0 Å². The molecular weight excluding hydrogens is 106 g/mol. The fourth-order valence-corrected chi connectivity index (χ4v) is 0.881. The molecule has 7 heavy (non-hydrogen) atoms. The van der Waals surface area contributed by atoms with E-state index in [-0.39, 0.29) is 6.15 Å². The second-order valence-corrected chi connectivity index (χ2v) is 2.03. The highest BCUT2D eigenvalue weighted by atomic mass is 32.2. The van der Waals surface area contributed by atoms with Crippen LogP contribution in [0, 0.1) is 0 Å². The van der Waals surface area contributed by atoms with Gasteiger partial charge < -0.3 is 6.15 Å². The molecule has 0 aromatic rings. The van der Waals surface area contributed by atoms with E-state index in [1.54, 1.807) is 0 Å². The summed E-state index contributed by atoms with van der Waals surface area (Å²) in [5, 5.41) is 2.10. The number of allylic oxidation sites excluding steroid dienone is 2. The normalized spacial score (nSPS) is 16.0. The summed E-state index contributed by atoms with van der Waals surface area (Å²) in [7, 11) is 0. The molecule has 0 saturated heterocycles. The van der Waals surface area contributed by atoms with E-state index in [2.05, 4.69) is 17.6 Å². The lowest BCUT2D eigenvalue weighted by Crippen LogP contribution is -1.67. The first-order valence-corrected chi connectivity index (χ1v) is 2.98. The van der Waals surface area contributed by atoms with Crippen molar-refractivity contribution in [2.75, 3.05) is 5.75 Å². The van der Waals surface area contributed by atoms with Crippen LogP contribution in [0.15, 0.2) is 23.6 Å². The first-order valence-electron chi connectivity index (χ1n) is 1.93. The van der Waals surface area contributed by atoms with E-state index in [0.29, 0.717) is 0 Å². The standard InChI is InChI=1S/C5H6S.H3N/c1-2-4-6-5-3-1;/h1-4H,5H2;1H3. The molecule has 0 radical (unpaired) electrons. The average Bonchev–Trinajstić information content (AvgIpc) is 1.72. The maximum absolute atomic E-state index is 2.14. The minimum absolute atomic E-state index is 0. The third-order valence-electron chi connectivity index (χ3n) is 0.614. The summed E-state index contributed by atoms with van der Waals surface area (Å²) >= 11 is 1.83. The Hall–Kier alpha value is -0.210. The molecule has 0 bridgehead atoms. The zero-order valence-electron chi connectivity index (χ0n) is 4.13. The predicted octanol–water partition coefficient (Wildman–Crippen LogP) is 1.97. The van der Waals surface area contributed by atoms with E-state index in [1.807, 2.05) is 17.8 Å². The smallest absolute Gasteiger partial charge is 0.0157 e. The molecule has 0 atom stereocenters. The molecule has 0 fully saturated rings. The summed E-state index contributed by atoms with van der Waals surface area (Å²) in [6.45, 7) is 0. The van der Waals surface area contributed by atoms with Crippen LogP contribution in [0.5, 0.6) is 0 Å². The predicted molar refractivity (Wildman–Crippen MR) is 35.8 cm³/mol. The lowest BCUT2D eigenvalue weighted by atomic mass is 10.5. The molecule has 1 nitrogen and oxygen atoms in total. The first kappa shape index (κ1) is 6.79. The van der Waals surface area contributed by atoms with Crippen LogP contribution in [0.2, 0.25) is 0 Å². The number of rotatable bonds is 0. The molecule has 3 N–H and O–H groups in total. The Kier molecular flexibility index (Phi) is 3.84. The van der Waals surface area contributed by atoms with Crippen LogP contribution in [0.3, 0.4) is 0 Å². The molecule has 1 rings (SSSR count). The van der Waals surface area contributed by atoms with Gasteiger partial charge in [-0.05, 0) is 5.41 Å². The second kappa shape index (κ2) is 3.96. The monoisotopic (exact) mass is 115 g/mol. The minimum Gasteiger partial charge on any atom is -0.344 e. The number of hydrogen-bond donors (Lipinski definition) is 1. The highest BCUT2D eigenvalue weighted by Crippen LogP contribution is 2.05. The third kappa shape index (κ3) is 2.48. The Morgan fingerprint density at radius 3 is 2.29 bits per heavy atom. The highest BCUT2D eigenvalue weighted by Gasteiger charge is 1.77. The van der Waals surface area contributed by atoms with Crippen molar-refractivity contribution in [2.24, 2.45) is 0 Å². The molecule has 40 valence electrons. The van der Waals surface area contributed by atoms with Gasteiger partial charge >= 0.3 is 0 Å². The van der Waals surface area contributed by atoms with Gasteiger partial charge in [-0.25, -0.2) is 0 Å². The van der Waals surface area contributed by atoms with Gasteiger partial charge in [0.1, 0.15) is 0 Å². The van der Waals surface area contributed by atoms with Gasteiger partial charge in [-0.2, -0.15) is 0 Å². The summed E-state index contributed by atoms with van der Waals surface area (Å²) in [6, 6.07) is 0. The zero-order chi connectivity index (χ0) is 4.24. The van der Waals surface area contributed by atoms with Crippen LogP contribution >= 0.6 is 11.8 Å². The van der Waals surface area contributed by atoms with E-state index in [0.717, 1.165) is 5.75 Å². The molecule has 1 heterocycles. The third-order valence-corrected chi connectivity index (χ3v) is 1.35. The maximum atomic E-state index is 2.14. The van der Waals surface area contributed by atoms with E-state index < -0.39 is 0 Å². The molecule has 1 aliphatic rings. The van der Waals surface area contributed by atoms with E-state index >= 15 is 0 Å². The lowest BCUT2D eigenvalue weighted by Gasteiger charge is -1.88. The second-order valence-electron chi connectivity index (χ2n) is 1.09. The van der Waals surface area contributed by atoms with E-state index in [4.69, 9.17) is 0 Å². The van der Waals surface area contributed by atoms with Crippen molar-refractivity contribution in [3.63, 3.8) is 0 Å². The van der Waals surface area contributed by atoms with Crippen LogP contribution in [0.25, 0.3) is 0 Å². The Morgan fingerprint density at radius 2 is 2.14 bits per heavy atom. The molecule has 2 heteroatoms. The molecule has 0 saturated carbocycles. The van der Waals surface area contributed by atoms with Gasteiger partial charge in [-0.15, -0.1) is 11.8 Å². The van der Waals surface area contributed by atoms with Crippen LogP contribution in [-0.2, 0) is 0 Å². The van der Waals surface area contributed by atoms with Gasteiger partial charge in [0.05, 0.1) is 0 Å². The van der Waals surface area contributed by atoms with Gasteiger partial charge in [0.2, 0.25) is 0 Å². The van der Waals surface area contributed by atoms with Gasteiger partial charge in [0.25, 0.3) is 0 Å². The largest absolute Gasteiger partial charge is 0.344 e. The topological polar surface area (TPSA) is 35.0 Å². The van der Waals surface area contributed by atoms with Crippen molar-refractivity contribution in [3.05, 3.63) is 23.6 Å². The van der Waals surface area contributed by atoms with Crippen molar-refractivity contribution in [1.29, 1.82) is 0 Å². The molecule has 0 aromatic heterocycles. The molecule has 1 aliphatic heterocycles. The van der Waals surface area contributed by atoms with Gasteiger partial charge in [-0.1, -0.05) is 18.2 Å². The van der Waals surface area contributed by atoms with Gasteiger partial charge in [0, 0.05) is 5.75 Å². The number of hydrogen-bond acceptors (Lipinski definition) is 2. The molecule has 0 spiro atoms. The average molecular weight is 115 g/mol. The molecule has 0 aliphatic carbocycles. The van der Waals surface area contributed by atoms with Gasteiger partial charge in [-0.3, -0.25) is 0 Å². The van der Waals surface area contributed by atoms with Crippen molar-refractivity contribution in [2.45, 2.75) is 0 Å². The van der Waals surface area contributed by atoms with Gasteiger partial charge in [0.15, 0.2) is 0 Å². The fourth-order valence-electron chi connectivity index (χ4n) is 0.346. The SMILES string of the molecule is C1=CCSC=C1.N. The minimum atomic E-state index is 0. The summed E-state index contributed by atoms with van der Waals surface area (Å²) in [6.07, 6.45) is 6.26. The molecule has 0 aromatic carbocycles. The molecule has 0 amide bonds. The zero-order valence-corrected chi connectivity index (χ0v) is 4.95. The summed E-state index contributed by atoms with van der Waals surface area (Å²) in [4.78, 5) is 0. The Labute approximate surface area is 48.1 Å². The van der Waals surface area contributed by atoms with E-state index in [1.165, 1.54) is 0 Å². The molecular formula is C5H9NS. The Bertz CT molecular complexity index is 74.1. The summed E-state index contributed by atoms with van der Waals surface area (Å²) in [5.41, 5.74) is 0. The van der Waals surface area contributed by atoms with Crippen molar-refractivity contribution >= 4 is 11.8 Å². The quantitative estimate of drug-likeness (QED) is 0.523. The van der Waals surface area contributed by atoms with Crippen molar-refractivity contribution in [1.82, 2.24) is 6.15 Å². The molecule has 0 unspecified atom stereocenters. The van der Waals surface area contributed by atoms with Crippen molar-refractivity contribution < 1.29 is 0 Å². The fraction of sp³-hybridized carbons (Fsp3) is 0.200. The lowest BCUT2D eigenvalue weighted by molar-refractivity contribution is 1.74. The van der Waals surface area contributed by atoms with Crippen LogP contribution < -0.4 is 6.15 Å². The number of thioether (sulfide) groups is 1. The maximum Gasteiger partial charge on any atom is 0.0157 e. The van der Waals surface area contributed by atoms with Crippen LogP contribution in [-0.4, -0.2) is 5.75 Å². The van der Waals surface area contributed by atoms with Crippen LogP contribution in [0.4, 0.5) is 0 Å². The Balaban J connectivity index is 0.000000360. The first-order chi connectivity index (χ1) is 3.00. The Morgan fingerprint density at radius 1 is 1.29 bits per heavy atom. The summed E-state index contributed by atoms with van der Waals surface area (Å²) < 4.78 is 0. The summed E-state index contributed by atoms with van der Waals surface area (Å²) in [5.74, 6) is 1.15. The van der Waals surface area contributed by atoms with Crippen LogP contribution in [0.1, 0.15) is 0 Å². The van der Waals surface area contributed by atoms with Crippen molar-refractivity contribution in [3.8, 4) is 0 Å². The highest BCUT2D eigenvalue weighted by molar-refractivity contribution is 8.02.